The van der Waals surface area contributed by atoms with Crippen LogP contribution in [0.5, 0.6) is 0 Å². The van der Waals surface area contributed by atoms with Crippen LogP contribution in [0.4, 0.5) is 0 Å². The number of piperidine rings is 1. The van der Waals surface area contributed by atoms with Crippen molar-refractivity contribution in [2.24, 2.45) is 0 Å². The van der Waals surface area contributed by atoms with Gasteiger partial charge in [-0.15, -0.1) is 0 Å². The van der Waals surface area contributed by atoms with Crippen LogP contribution in [0, 0.1) is 0 Å². The molecule has 2 heterocycles. The minimum Gasteiger partial charge on any atom is -0.440 e. The smallest absolute Gasteiger partial charge is 0.254 e. The van der Waals surface area contributed by atoms with Crippen molar-refractivity contribution in [3.8, 4) is 0 Å². The van der Waals surface area contributed by atoms with E-state index in [1.54, 1.807) is 12.1 Å². The van der Waals surface area contributed by atoms with Gasteiger partial charge in [-0.3, -0.25) is 4.79 Å². The number of aliphatic hydroxyl groups is 1. The summed E-state index contributed by atoms with van der Waals surface area (Å²) < 4.78 is 5.84. The van der Waals surface area contributed by atoms with Gasteiger partial charge in [0.25, 0.3) is 5.91 Å². The fraction of sp³-hybridized carbons (Fsp3) is 0.364. The standard InChI is InChI=1S/C22H23ClN2O3/c23-17-7-4-15(5-8-17)13-21-24-19-14-16(6-9-20(19)28-21)22(27)25-11-2-1-3-18(25)10-12-26/h4-9,14,18,26H,1-3,10-13H2/t18-/m0/s1. The highest BCUT2D eigenvalue weighted by molar-refractivity contribution is 6.30. The summed E-state index contributed by atoms with van der Waals surface area (Å²) in [4.78, 5) is 19.5. The molecule has 1 saturated heterocycles. The molecule has 28 heavy (non-hydrogen) atoms. The summed E-state index contributed by atoms with van der Waals surface area (Å²) in [6.45, 7) is 0.840. The number of carbonyl (C=O) groups excluding carboxylic acids is 1. The van der Waals surface area contributed by atoms with Crippen LogP contribution in [0.25, 0.3) is 11.1 Å². The molecule has 1 aliphatic heterocycles. The SMILES string of the molecule is O=C(c1ccc2oc(Cc3ccc(Cl)cc3)nc2c1)N1CCCC[C@H]1CCO. The van der Waals surface area contributed by atoms with Crippen LogP contribution in [-0.4, -0.2) is 40.1 Å². The predicted molar refractivity (Wildman–Crippen MR) is 109 cm³/mol. The van der Waals surface area contributed by atoms with Gasteiger partial charge in [-0.2, -0.15) is 0 Å². The molecule has 0 saturated carbocycles. The molecule has 0 radical (unpaired) electrons. The molecular weight excluding hydrogens is 376 g/mol. The van der Waals surface area contributed by atoms with Gasteiger partial charge < -0.3 is 14.4 Å². The largest absolute Gasteiger partial charge is 0.440 e. The van der Waals surface area contributed by atoms with Crippen molar-refractivity contribution >= 4 is 28.6 Å². The lowest BCUT2D eigenvalue weighted by Gasteiger charge is -2.35. The molecule has 1 amide bonds. The Morgan fingerprint density at radius 2 is 2.04 bits per heavy atom. The molecule has 1 fully saturated rings. The molecular formula is C22H23ClN2O3. The summed E-state index contributed by atoms with van der Waals surface area (Å²) >= 11 is 5.93. The van der Waals surface area contributed by atoms with E-state index in [4.69, 9.17) is 16.0 Å². The van der Waals surface area contributed by atoms with E-state index in [2.05, 4.69) is 4.98 Å². The van der Waals surface area contributed by atoms with E-state index in [1.165, 1.54) is 0 Å². The third-order valence-corrected chi connectivity index (χ3v) is 5.55. The van der Waals surface area contributed by atoms with Crippen molar-refractivity contribution in [3.63, 3.8) is 0 Å². The van der Waals surface area contributed by atoms with Crippen molar-refractivity contribution in [1.29, 1.82) is 0 Å². The molecule has 5 nitrogen and oxygen atoms in total. The monoisotopic (exact) mass is 398 g/mol. The summed E-state index contributed by atoms with van der Waals surface area (Å²) in [5.41, 5.74) is 3.03. The molecule has 1 aliphatic rings. The van der Waals surface area contributed by atoms with Gasteiger partial charge in [-0.1, -0.05) is 23.7 Å². The number of aliphatic hydroxyl groups excluding tert-OH is 1. The lowest BCUT2D eigenvalue weighted by atomic mass is 9.98. The summed E-state index contributed by atoms with van der Waals surface area (Å²) in [5.74, 6) is 0.611. The van der Waals surface area contributed by atoms with Crippen LogP contribution in [0.15, 0.2) is 46.9 Å². The Morgan fingerprint density at radius 1 is 1.21 bits per heavy atom. The van der Waals surface area contributed by atoms with Crippen LogP contribution >= 0.6 is 11.6 Å². The number of hydrogen-bond acceptors (Lipinski definition) is 4. The van der Waals surface area contributed by atoms with Crippen molar-refractivity contribution in [1.82, 2.24) is 9.88 Å². The molecule has 6 heteroatoms. The molecule has 3 aromatic rings. The summed E-state index contributed by atoms with van der Waals surface area (Å²) in [5, 5.41) is 10.00. The minimum absolute atomic E-state index is 0.00213. The normalized spacial score (nSPS) is 17.2. The number of rotatable bonds is 5. The third-order valence-electron chi connectivity index (χ3n) is 5.30. The van der Waals surface area contributed by atoms with Crippen molar-refractivity contribution in [2.75, 3.05) is 13.2 Å². The van der Waals surface area contributed by atoms with E-state index < -0.39 is 0 Å². The number of carbonyl (C=O) groups is 1. The maximum absolute atomic E-state index is 13.0. The number of nitrogens with zero attached hydrogens (tertiary/aromatic N) is 2. The van der Waals surface area contributed by atoms with Crippen molar-refractivity contribution in [2.45, 2.75) is 38.1 Å². The fourth-order valence-electron chi connectivity index (χ4n) is 3.84. The molecule has 0 unspecified atom stereocenters. The lowest BCUT2D eigenvalue weighted by Crippen LogP contribution is -2.44. The molecule has 0 spiro atoms. The van der Waals surface area contributed by atoms with Crippen LogP contribution in [0.2, 0.25) is 5.02 Å². The molecule has 1 N–H and O–H groups in total. The summed E-state index contributed by atoms with van der Waals surface area (Å²) in [7, 11) is 0. The second-order valence-electron chi connectivity index (χ2n) is 7.25. The second kappa shape index (κ2) is 8.33. The van der Waals surface area contributed by atoms with Crippen molar-refractivity contribution < 1.29 is 14.3 Å². The molecule has 2 aromatic carbocycles. The minimum atomic E-state index is 0.00213. The average molecular weight is 399 g/mol. The number of hydrogen-bond donors (Lipinski definition) is 1. The third kappa shape index (κ3) is 4.05. The Labute approximate surface area is 168 Å². The fourth-order valence-corrected chi connectivity index (χ4v) is 3.97. The van der Waals surface area contributed by atoms with Gasteiger partial charge in [0, 0.05) is 36.2 Å². The van der Waals surface area contributed by atoms with Crippen LogP contribution in [-0.2, 0) is 6.42 Å². The van der Waals surface area contributed by atoms with Gasteiger partial charge in [-0.25, -0.2) is 4.98 Å². The van der Waals surface area contributed by atoms with Gasteiger partial charge in [0.2, 0.25) is 0 Å². The van der Waals surface area contributed by atoms with Gasteiger partial charge >= 0.3 is 0 Å². The van der Waals surface area contributed by atoms with Gasteiger partial charge in [0.05, 0.1) is 0 Å². The van der Waals surface area contributed by atoms with Crippen LogP contribution < -0.4 is 0 Å². The van der Waals surface area contributed by atoms with Crippen LogP contribution in [0.1, 0.15) is 47.5 Å². The maximum Gasteiger partial charge on any atom is 0.254 e. The van der Waals surface area contributed by atoms with Crippen molar-refractivity contribution in [3.05, 3.63) is 64.5 Å². The highest BCUT2D eigenvalue weighted by Crippen LogP contribution is 2.24. The Morgan fingerprint density at radius 3 is 2.82 bits per heavy atom. The first kappa shape index (κ1) is 19.0. The summed E-state index contributed by atoms with van der Waals surface area (Å²) in [6, 6.07) is 13.1. The van der Waals surface area contributed by atoms with E-state index >= 15 is 0 Å². The van der Waals surface area contributed by atoms with E-state index in [-0.39, 0.29) is 18.6 Å². The first-order chi connectivity index (χ1) is 13.6. The number of fused-ring (bicyclic) bond motifs is 1. The number of amides is 1. The molecule has 0 aliphatic carbocycles. The zero-order chi connectivity index (χ0) is 19.5. The Hall–Kier alpha value is -2.37. The lowest BCUT2D eigenvalue weighted by molar-refractivity contribution is 0.0575. The quantitative estimate of drug-likeness (QED) is 0.689. The number of aromatic nitrogens is 1. The van der Waals surface area contributed by atoms with Crippen LogP contribution in [0.3, 0.4) is 0 Å². The van der Waals surface area contributed by atoms with Gasteiger partial charge in [-0.05, 0) is 61.6 Å². The highest BCUT2D eigenvalue weighted by Gasteiger charge is 2.27. The molecule has 0 bridgehead atoms. The van der Waals surface area contributed by atoms with E-state index in [9.17, 15) is 9.90 Å². The molecule has 146 valence electrons. The number of benzene rings is 2. The van der Waals surface area contributed by atoms with Gasteiger partial charge in [0.15, 0.2) is 11.5 Å². The second-order valence-corrected chi connectivity index (χ2v) is 7.69. The van der Waals surface area contributed by atoms with E-state index in [1.807, 2.05) is 35.2 Å². The van der Waals surface area contributed by atoms with E-state index in [0.29, 0.717) is 40.4 Å². The first-order valence-electron chi connectivity index (χ1n) is 9.70. The summed E-state index contributed by atoms with van der Waals surface area (Å²) in [6.07, 6.45) is 4.25. The molecule has 1 atom stereocenters. The van der Waals surface area contributed by atoms with Gasteiger partial charge in [0.1, 0.15) is 5.52 Å². The first-order valence-corrected chi connectivity index (χ1v) is 10.1. The Bertz CT molecular complexity index is 966. The Kier molecular flexibility index (Phi) is 5.64. The molecule has 1 aromatic heterocycles. The highest BCUT2D eigenvalue weighted by atomic mass is 35.5. The number of oxazole rings is 1. The topological polar surface area (TPSA) is 66.6 Å². The Balaban J connectivity index is 1.55. The predicted octanol–water partition coefficient (Wildman–Crippen LogP) is 4.45. The maximum atomic E-state index is 13.0. The average Bonchev–Trinajstić information content (AvgIpc) is 3.11. The zero-order valence-corrected chi connectivity index (χ0v) is 16.4. The van der Waals surface area contributed by atoms with E-state index in [0.717, 1.165) is 31.4 Å². The molecule has 4 rings (SSSR count). The number of halogens is 1. The number of likely N-dealkylation sites (tertiary alicyclic amines) is 1. The zero-order valence-electron chi connectivity index (χ0n) is 15.6.